The van der Waals surface area contributed by atoms with E-state index in [1.165, 1.54) is 5.57 Å². The van der Waals surface area contributed by atoms with E-state index in [2.05, 4.69) is 37.4 Å². The van der Waals surface area contributed by atoms with Gasteiger partial charge in [0, 0.05) is 44.5 Å². The largest absolute Gasteiger partial charge is 0.364 e. The Hall–Kier alpha value is -3.08. The summed E-state index contributed by atoms with van der Waals surface area (Å²) in [6, 6.07) is 3.62. The van der Waals surface area contributed by atoms with Crippen molar-refractivity contribution in [2.24, 2.45) is 5.73 Å². The number of hydrogen-bond donors (Lipinski definition) is 3. The van der Waals surface area contributed by atoms with E-state index in [1.54, 1.807) is 18.5 Å². The van der Waals surface area contributed by atoms with Gasteiger partial charge in [0.2, 0.25) is 0 Å². The lowest BCUT2D eigenvalue weighted by Crippen LogP contribution is -2.45. The van der Waals surface area contributed by atoms with Crippen LogP contribution in [0.15, 0.2) is 47.8 Å². The topological polar surface area (TPSA) is 116 Å². The first-order valence-electron chi connectivity index (χ1n) is 10.6. The molecule has 0 saturated carbocycles. The fraction of sp³-hybridized carbons (Fsp3) is 0.364. The maximum absolute atomic E-state index is 12.8. The second kappa shape index (κ2) is 10.0. The van der Waals surface area contributed by atoms with Crippen molar-refractivity contribution in [3.8, 4) is 0 Å². The number of nitrogens with two attached hydrogens (primary N) is 1. The van der Waals surface area contributed by atoms with E-state index >= 15 is 0 Å². The molecule has 0 bridgehead atoms. The van der Waals surface area contributed by atoms with Crippen LogP contribution in [0, 0.1) is 0 Å². The standard InChI is InChI=1S/C22H27N7O2S/c1-28-9-11-29(12-10-28)14-15-4-6-16(7-5-15)20(31)27-21-18(19(23)30)26-22(32-21)25-17-3-2-8-24-13-17/h2-4,6,8,13H,5,7,9-12,14H2,1H3,(H2,23,30)(H,25,26)(H,27,31). The first-order valence-corrected chi connectivity index (χ1v) is 11.4. The third-order valence-corrected chi connectivity index (χ3v) is 6.44. The monoisotopic (exact) mass is 453 g/mol. The minimum atomic E-state index is -0.692. The normalized spacial score (nSPS) is 17.4. The molecule has 0 radical (unpaired) electrons. The number of nitrogens with one attached hydrogen (secondary N) is 2. The second-order valence-corrected chi connectivity index (χ2v) is 8.98. The lowest BCUT2D eigenvalue weighted by atomic mass is 9.97. The Morgan fingerprint density at radius 1 is 1.19 bits per heavy atom. The molecule has 1 saturated heterocycles. The predicted molar refractivity (Wildman–Crippen MR) is 126 cm³/mol. The number of carbonyl (C=O) groups excluding carboxylic acids is 2. The van der Waals surface area contributed by atoms with E-state index in [9.17, 15) is 9.59 Å². The molecule has 3 heterocycles. The summed E-state index contributed by atoms with van der Waals surface area (Å²) in [4.78, 5) is 37.7. The molecule has 2 aromatic heterocycles. The van der Waals surface area contributed by atoms with Gasteiger partial charge in [-0.2, -0.15) is 0 Å². The lowest BCUT2D eigenvalue weighted by molar-refractivity contribution is -0.113. The number of pyridine rings is 1. The van der Waals surface area contributed by atoms with Crippen molar-refractivity contribution in [1.82, 2.24) is 19.8 Å². The summed E-state index contributed by atoms with van der Waals surface area (Å²) in [5, 5.41) is 6.68. The third kappa shape index (κ3) is 5.58. The fourth-order valence-corrected chi connectivity index (χ4v) is 4.55. The number of thiazole rings is 1. The highest BCUT2D eigenvalue weighted by Crippen LogP contribution is 2.31. The zero-order chi connectivity index (χ0) is 22.5. The molecule has 0 spiro atoms. The molecule has 2 amide bonds. The van der Waals surface area contributed by atoms with Crippen LogP contribution in [0.5, 0.6) is 0 Å². The van der Waals surface area contributed by atoms with E-state index in [0.717, 1.165) is 56.2 Å². The molecule has 0 unspecified atom stereocenters. The number of carbonyl (C=O) groups is 2. The van der Waals surface area contributed by atoms with Gasteiger partial charge in [-0.15, -0.1) is 0 Å². The second-order valence-electron chi connectivity index (χ2n) is 7.98. The zero-order valence-electron chi connectivity index (χ0n) is 18.0. The third-order valence-electron chi connectivity index (χ3n) is 5.55. The predicted octanol–water partition coefficient (Wildman–Crippen LogP) is 2.21. The van der Waals surface area contributed by atoms with Gasteiger partial charge >= 0.3 is 0 Å². The van der Waals surface area contributed by atoms with Crippen molar-refractivity contribution >= 4 is 39.0 Å². The number of rotatable bonds is 7. The first kappa shape index (κ1) is 22.1. The van der Waals surface area contributed by atoms with E-state index in [4.69, 9.17) is 5.73 Å². The van der Waals surface area contributed by atoms with Crippen LogP contribution in [0.4, 0.5) is 15.8 Å². The average molecular weight is 454 g/mol. The summed E-state index contributed by atoms with van der Waals surface area (Å²) in [6.07, 6.45) is 8.75. The summed E-state index contributed by atoms with van der Waals surface area (Å²) < 4.78 is 0. The van der Waals surface area contributed by atoms with Crippen LogP contribution in [0.2, 0.25) is 0 Å². The number of anilines is 3. The highest BCUT2D eigenvalue weighted by Gasteiger charge is 2.22. The van der Waals surface area contributed by atoms with Crippen LogP contribution in [-0.4, -0.2) is 71.4 Å². The summed E-state index contributed by atoms with van der Waals surface area (Å²) in [5.41, 5.74) is 8.25. The number of likely N-dealkylation sites (N-methyl/N-ethyl adjacent to an activating group) is 1. The van der Waals surface area contributed by atoms with Gasteiger partial charge in [-0.1, -0.05) is 29.1 Å². The molecule has 0 atom stereocenters. The van der Waals surface area contributed by atoms with Crippen LogP contribution in [0.1, 0.15) is 23.3 Å². The molecule has 2 aromatic rings. The van der Waals surface area contributed by atoms with Crippen LogP contribution in [0.3, 0.4) is 0 Å². The molecule has 4 N–H and O–H groups in total. The van der Waals surface area contributed by atoms with Gasteiger partial charge in [0.05, 0.1) is 11.9 Å². The number of aromatic nitrogens is 2. The zero-order valence-corrected chi connectivity index (χ0v) is 18.8. The minimum Gasteiger partial charge on any atom is -0.364 e. The lowest BCUT2D eigenvalue weighted by Gasteiger charge is -2.33. The molecule has 4 rings (SSSR count). The van der Waals surface area contributed by atoms with E-state index in [0.29, 0.717) is 22.1 Å². The van der Waals surface area contributed by atoms with Gasteiger partial charge in [-0.25, -0.2) is 4.98 Å². The van der Waals surface area contributed by atoms with E-state index in [-0.39, 0.29) is 11.6 Å². The van der Waals surface area contributed by atoms with Gasteiger partial charge in [0.15, 0.2) is 10.8 Å². The number of piperazine rings is 1. The van der Waals surface area contributed by atoms with Crippen molar-refractivity contribution in [2.75, 3.05) is 50.4 Å². The van der Waals surface area contributed by atoms with E-state index < -0.39 is 5.91 Å². The van der Waals surface area contributed by atoms with Gasteiger partial charge < -0.3 is 21.3 Å². The SMILES string of the molecule is CN1CCN(CC2=CC=C(C(=O)Nc3sc(Nc4cccnc4)nc3C(N)=O)CC2)CC1. The Labute approximate surface area is 191 Å². The van der Waals surface area contributed by atoms with Crippen molar-refractivity contribution < 1.29 is 9.59 Å². The quantitative estimate of drug-likeness (QED) is 0.588. The maximum atomic E-state index is 12.8. The Morgan fingerprint density at radius 3 is 2.66 bits per heavy atom. The number of nitrogens with zero attached hydrogens (tertiary/aromatic N) is 4. The van der Waals surface area contributed by atoms with Crippen molar-refractivity contribution in [2.45, 2.75) is 12.8 Å². The molecule has 2 aliphatic rings. The number of hydrogen-bond acceptors (Lipinski definition) is 8. The van der Waals surface area contributed by atoms with Crippen LogP contribution >= 0.6 is 11.3 Å². The van der Waals surface area contributed by atoms with Crippen LogP contribution in [-0.2, 0) is 4.79 Å². The highest BCUT2D eigenvalue weighted by molar-refractivity contribution is 7.20. The van der Waals surface area contributed by atoms with Gasteiger partial charge in [-0.3, -0.25) is 19.5 Å². The average Bonchev–Trinajstić information content (AvgIpc) is 3.19. The molecule has 9 nitrogen and oxygen atoms in total. The molecule has 10 heteroatoms. The summed E-state index contributed by atoms with van der Waals surface area (Å²) in [5.74, 6) is -0.929. The van der Waals surface area contributed by atoms with Gasteiger partial charge in [0.1, 0.15) is 5.00 Å². The number of amides is 2. The highest BCUT2D eigenvalue weighted by atomic mass is 32.1. The van der Waals surface area contributed by atoms with Crippen molar-refractivity contribution in [3.63, 3.8) is 0 Å². The molecule has 168 valence electrons. The summed E-state index contributed by atoms with van der Waals surface area (Å²) in [7, 11) is 2.15. The van der Waals surface area contributed by atoms with Crippen LogP contribution < -0.4 is 16.4 Å². The fourth-order valence-electron chi connectivity index (χ4n) is 3.66. The Kier molecular flexibility index (Phi) is 6.93. The Morgan fingerprint density at radius 2 is 2.00 bits per heavy atom. The Bertz CT molecular complexity index is 1040. The molecule has 1 fully saturated rings. The molecule has 0 aromatic carbocycles. The van der Waals surface area contributed by atoms with Crippen molar-refractivity contribution in [3.05, 3.63) is 53.5 Å². The van der Waals surface area contributed by atoms with Crippen LogP contribution in [0.25, 0.3) is 0 Å². The molecule has 32 heavy (non-hydrogen) atoms. The number of primary amides is 1. The van der Waals surface area contributed by atoms with Gasteiger partial charge in [0.25, 0.3) is 11.8 Å². The molecule has 1 aliphatic carbocycles. The molecular formula is C22H27N7O2S. The Balaban J connectivity index is 1.40. The summed E-state index contributed by atoms with van der Waals surface area (Å²) in [6.45, 7) is 5.27. The number of allylic oxidation sites excluding steroid dienone is 2. The van der Waals surface area contributed by atoms with Crippen molar-refractivity contribution in [1.29, 1.82) is 0 Å². The summed E-state index contributed by atoms with van der Waals surface area (Å²) >= 11 is 1.16. The first-order chi connectivity index (χ1) is 15.5. The smallest absolute Gasteiger partial charge is 0.270 e. The van der Waals surface area contributed by atoms with E-state index in [1.807, 2.05) is 18.2 Å². The molecule has 1 aliphatic heterocycles. The molecular weight excluding hydrogens is 426 g/mol. The maximum Gasteiger partial charge on any atom is 0.270 e. The van der Waals surface area contributed by atoms with Gasteiger partial charge in [-0.05, 0) is 32.0 Å². The minimum absolute atomic E-state index is 0.0393.